The number of terminal acetylenes is 1. The maximum Gasteiger partial charge on any atom is 0.263 e. The molecule has 1 aromatic carbocycles. The second-order valence-electron chi connectivity index (χ2n) is 3.97. The largest absolute Gasteiger partial charge is 0.280 e. The first-order chi connectivity index (χ1) is 9.01. The van der Waals surface area contributed by atoms with Crippen molar-refractivity contribution in [1.82, 2.24) is 4.98 Å². The van der Waals surface area contributed by atoms with Gasteiger partial charge in [-0.3, -0.25) is 9.71 Å². The molecule has 96 valence electrons. The van der Waals surface area contributed by atoms with Crippen LogP contribution in [0.25, 0.3) is 0 Å². The fraction of sp³-hybridized carbons (Fsp3) is 0.0714. The van der Waals surface area contributed by atoms with Crippen LogP contribution in [0, 0.1) is 19.3 Å². The summed E-state index contributed by atoms with van der Waals surface area (Å²) in [5, 5.41) is 0. The van der Waals surface area contributed by atoms with Crippen LogP contribution in [0.15, 0.2) is 47.5 Å². The average Bonchev–Trinajstić information content (AvgIpc) is 2.39. The predicted molar refractivity (Wildman–Crippen MR) is 74.2 cm³/mol. The Labute approximate surface area is 112 Å². The van der Waals surface area contributed by atoms with E-state index in [2.05, 4.69) is 15.6 Å². The monoisotopic (exact) mass is 272 g/mol. The van der Waals surface area contributed by atoms with Gasteiger partial charge in [-0.25, -0.2) is 8.42 Å². The molecule has 0 saturated heterocycles. The van der Waals surface area contributed by atoms with Gasteiger partial charge in [0, 0.05) is 17.5 Å². The van der Waals surface area contributed by atoms with Crippen molar-refractivity contribution in [3.63, 3.8) is 0 Å². The molecule has 5 heteroatoms. The van der Waals surface area contributed by atoms with E-state index in [9.17, 15) is 8.42 Å². The van der Waals surface area contributed by atoms with E-state index in [1.165, 1.54) is 12.3 Å². The summed E-state index contributed by atoms with van der Waals surface area (Å²) in [6.07, 6.45) is 6.60. The fourth-order valence-electron chi connectivity index (χ4n) is 1.50. The lowest BCUT2D eigenvalue weighted by molar-refractivity contribution is 0.601. The van der Waals surface area contributed by atoms with Crippen molar-refractivity contribution >= 4 is 15.7 Å². The minimum absolute atomic E-state index is 0.115. The Bertz CT molecular complexity index is 729. The molecule has 1 heterocycles. The van der Waals surface area contributed by atoms with Crippen molar-refractivity contribution in [3.05, 3.63) is 53.9 Å². The van der Waals surface area contributed by atoms with Crippen LogP contribution in [0.5, 0.6) is 0 Å². The standard InChI is InChI=1S/C14H12N2O2S/c1-3-12-5-4-6-13(9-12)16-19(17,18)14-8-7-11(2)15-10-14/h1,4-10,16H,2H3. The van der Waals surface area contributed by atoms with Gasteiger partial charge in [0.15, 0.2) is 0 Å². The Hall–Kier alpha value is -2.32. The second kappa shape index (κ2) is 5.12. The minimum Gasteiger partial charge on any atom is -0.280 e. The van der Waals surface area contributed by atoms with Crippen molar-refractivity contribution in [2.24, 2.45) is 0 Å². The van der Waals surface area contributed by atoms with Crippen molar-refractivity contribution in [3.8, 4) is 12.3 Å². The number of hydrogen-bond acceptors (Lipinski definition) is 3. The molecule has 4 nitrogen and oxygen atoms in total. The topological polar surface area (TPSA) is 59.1 Å². The molecule has 1 N–H and O–H groups in total. The molecule has 0 aliphatic heterocycles. The van der Waals surface area contributed by atoms with E-state index in [4.69, 9.17) is 6.42 Å². The molecule has 0 saturated carbocycles. The Kier molecular flexibility index (Phi) is 3.54. The molecule has 0 spiro atoms. The molecule has 0 amide bonds. The zero-order valence-electron chi connectivity index (χ0n) is 10.3. The summed E-state index contributed by atoms with van der Waals surface area (Å²) in [6, 6.07) is 9.81. The number of nitrogens with zero attached hydrogens (tertiary/aromatic N) is 1. The molecule has 1 aromatic heterocycles. The maximum atomic E-state index is 12.1. The van der Waals surface area contributed by atoms with Crippen molar-refractivity contribution in [2.45, 2.75) is 11.8 Å². The minimum atomic E-state index is -3.64. The third-order valence-corrected chi connectivity index (χ3v) is 3.84. The lowest BCUT2D eigenvalue weighted by Crippen LogP contribution is -2.13. The number of aryl methyl sites for hydroxylation is 1. The van der Waals surface area contributed by atoms with Crippen LogP contribution in [-0.4, -0.2) is 13.4 Å². The molecule has 0 unspecified atom stereocenters. The highest BCUT2D eigenvalue weighted by molar-refractivity contribution is 7.92. The summed E-state index contributed by atoms with van der Waals surface area (Å²) in [5.74, 6) is 2.45. The Balaban J connectivity index is 2.31. The van der Waals surface area contributed by atoms with Crippen LogP contribution in [-0.2, 0) is 10.0 Å². The summed E-state index contributed by atoms with van der Waals surface area (Å²) < 4.78 is 26.7. The molecule has 0 atom stereocenters. The van der Waals surface area contributed by atoms with Gasteiger partial charge < -0.3 is 0 Å². The Morgan fingerprint density at radius 1 is 1.26 bits per heavy atom. The number of sulfonamides is 1. The summed E-state index contributed by atoms with van der Waals surface area (Å²) in [7, 11) is -3.64. The molecule has 0 aliphatic rings. The zero-order chi connectivity index (χ0) is 13.9. The van der Waals surface area contributed by atoms with Gasteiger partial charge in [-0.05, 0) is 37.3 Å². The molecule has 2 rings (SSSR count). The van der Waals surface area contributed by atoms with E-state index in [1.54, 1.807) is 37.3 Å². The van der Waals surface area contributed by atoms with Crippen LogP contribution < -0.4 is 4.72 Å². The van der Waals surface area contributed by atoms with E-state index in [0.717, 1.165) is 5.69 Å². The third-order valence-electron chi connectivity index (χ3n) is 2.48. The summed E-state index contributed by atoms with van der Waals surface area (Å²) in [5.41, 5.74) is 1.80. The molecular weight excluding hydrogens is 260 g/mol. The Morgan fingerprint density at radius 3 is 2.68 bits per heavy atom. The zero-order valence-corrected chi connectivity index (χ0v) is 11.1. The predicted octanol–water partition coefficient (Wildman–Crippen LogP) is 2.17. The van der Waals surface area contributed by atoms with Crippen LogP contribution in [0.4, 0.5) is 5.69 Å². The number of hydrogen-bond donors (Lipinski definition) is 1. The molecule has 2 aromatic rings. The van der Waals surface area contributed by atoms with Gasteiger partial charge >= 0.3 is 0 Å². The number of rotatable bonds is 3. The van der Waals surface area contributed by atoms with Crippen LogP contribution in [0.3, 0.4) is 0 Å². The van der Waals surface area contributed by atoms with Gasteiger partial charge in [0.05, 0.1) is 5.69 Å². The summed E-state index contributed by atoms with van der Waals surface area (Å²) in [6.45, 7) is 1.79. The molecule has 19 heavy (non-hydrogen) atoms. The van der Waals surface area contributed by atoms with E-state index < -0.39 is 10.0 Å². The van der Waals surface area contributed by atoms with Crippen LogP contribution in [0.2, 0.25) is 0 Å². The molecular formula is C14H12N2O2S. The third kappa shape index (κ3) is 3.12. The highest BCUT2D eigenvalue weighted by Gasteiger charge is 2.14. The first kappa shape index (κ1) is 13.1. The molecule has 0 radical (unpaired) electrons. The van der Waals surface area contributed by atoms with E-state index in [0.29, 0.717) is 11.3 Å². The van der Waals surface area contributed by atoms with Crippen LogP contribution >= 0.6 is 0 Å². The van der Waals surface area contributed by atoms with Crippen LogP contribution in [0.1, 0.15) is 11.3 Å². The lowest BCUT2D eigenvalue weighted by atomic mass is 10.2. The van der Waals surface area contributed by atoms with Gasteiger partial charge in [-0.15, -0.1) is 6.42 Å². The number of nitrogens with one attached hydrogen (secondary N) is 1. The Morgan fingerprint density at radius 2 is 2.05 bits per heavy atom. The van der Waals surface area contributed by atoms with Gasteiger partial charge in [-0.2, -0.15) is 0 Å². The fourth-order valence-corrected chi connectivity index (χ4v) is 2.49. The molecule has 0 bridgehead atoms. The first-order valence-corrected chi connectivity index (χ1v) is 7.02. The highest BCUT2D eigenvalue weighted by atomic mass is 32.2. The number of anilines is 1. The lowest BCUT2D eigenvalue weighted by Gasteiger charge is -2.08. The normalized spacial score (nSPS) is 10.7. The van der Waals surface area contributed by atoms with Gasteiger partial charge in [0.2, 0.25) is 0 Å². The number of pyridine rings is 1. The maximum absolute atomic E-state index is 12.1. The van der Waals surface area contributed by atoms with Crippen molar-refractivity contribution in [1.29, 1.82) is 0 Å². The summed E-state index contributed by atoms with van der Waals surface area (Å²) >= 11 is 0. The van der Waals surface area contributed by atoms with Crippen molar-refractivity contribution < 1.29 is 8.42 Å². The highest BCUT2D eigenvalue weighted by Crippen LogP contribution is 2.16. The molecule has 0 aliphatic carbocycles. The summed E-state index contributed by atoms with van der Waals surface area (Å²) in [4.78, 5) is 4.08. The van der Waals surface area contributed by atoms with Crippen molar-refractivity contribution in [2.75, 3.05) is 4.72 Å². The molecule has 0 fully saturated rings. The SMILES string of the molecule is C#Cc1cccc(NS(=O)(=O)c2ccc(C)nc2)c1. The van der Waals surface area contributed by atoms with Gasteiger partial charge in [0.25, 0.3) is 10.0 Å². The first-order valence-electron chi connectivity index (χ1n) is 5.53. The smallest absolute Gasteiger partial charge is 0.263 e. The van der Waals surface area contributed by atoms with Gasteiger partial charge in [0.1, 0.15) is 4.90 Å². The number of benzene rings is 1. The van der Waals surface area contributed by atoms with E-state index in [1.807, 2.05) is 0 Å². The quantitative estimate of drug-likeness (QED) is 0.871. The number of aromatic nitrogens is 1. The average molecular weight is 272 g/mol. The van der Waals surface area contributed by atoms with Gasteiger partial charge in [-0.1, -0.05) is 12.0 Å². The second-order valence-corrected chi connectivity index (χ2v) is 5.65. The van der Waals surface area contributed by atoms with E-state index >= 15 is 0 Å². The van der Waals surface area contributed by atoms with E-state index in [-0.39, 0.29) is 4.90 Å².